The zero-order valence-electron chi connectivity index (χ0n) is 15.5. The molecule has 138 valence electrons. The van der Waals surface area contributed by atoms with Crippen molar-refractivity contribution in [2.75, 3.05) is 23.8 Å². The second-order valence-electron chi connectivity index (χ2n) is 6.36. The summed E-state index contributed by atoms with van der Waals surface area (Å²) in [7, 11) is 0. The topological polar surface area (TPSA) is 59.6 Å². The van der Waals surface area contributed by atoms with Crippen molar-refractivity contribution < 1.29 is 14.3 Å². The van der Waals surface area contributed by atoms with Crippen LogP contribution in [0, 0.1) is 0 Å². The van der Waals surface area contributed by atoms with Crippen molar-refractivity contribution in [3.8, 4) is 11.5 Å². The summed E-state index contributed by atoms with van der Waals surface area (Å²) in [5.74, 6) is 1.43. The minimum absolute atomic E-state index is 0.122. The Balaban J connectivity index is 1.78. The van der Waals surface area contributed by atoms with Gasteiger partial charge in [0.05, 0.1) is 12.6 Å². The van der Waals surface area contributed by atoms with E-state index in [0.717, 1.165) is 28.4 Å². The van der Waals surface area contributed by atoms with E-state index >= 15 is 0 Å². The number of carbonyl (C=O) groups excluding carboxylic acids is 1. The average molecular weight is 354 g/mol. The first-order chi connectivity index (χ1) is 12.4. The molecule has 26 heavy (non-hydrogen) atoms. The van der Waals surface area contributed by atoms with Crippen LogP contribution in [0.3, 0.4) is 0 Å². The predicted octanol–water partition coefficient (Wildman–Crippen LogP) is 4.48. The molecule has 0 saturated heterocycles. The Bertz CT molecular complexity index is 722. The fraction of sp³-hybridized carbons (Fsp3) is 0.286. The van der Waals surface area contributed by atoms with E-state index in [1.807, 2.05) is 69.3 Å². The smallest absolute Gasteiger partial charge is 0.243 e. The third-order valence-electron chi connectivity index (χ3n) is 3.30. The minimum atomic E-state index is -0.122. The molecular formula is C21H26N2O3. The van der Waals surface area contributed by atoms with Gasteiger partial charge in [-0.3, -0.25) is 4.79 Å². The van der Waals surface area contributed by atoms with Crippen LogP contribution in [0.15, 0.2) is 60.7 Å². The fourth-order valence-electron chi connectivity index (χ4n) is 2.15. The molecule has 0 aromatic heterocycles. The van der Waals surface area contributed by atoms with E-state index in [2.05, 4.69) is 17.2 Å². The summed E-state index contributed by atoms with van der Waals surface area (Å²) in [6, 6.07) is 14.8. The number of rotatable bonds is 9. The van der Waals surface area contributed by atoms with Gasteiger partial charge in [-0.2, -0.15) is 0 Å². The SMILES string of the molecule is C=C(C)COc1ccc(NC(=O)CNc2ccc(OC(C)C)cc2)cc1. The van der Waals surface area contributed by atoms with E-state index in [1.54, 1.807) is 0 Å². The number of anilines is 2. The summed E-state index contributed by atoms with van der Waals surface area (Å²) in [5.41, 5.74) is 2.54. The first-order valence-corrected chi connectivity index (χ1v) is 8.60. The molecule has 1 amide bonds. The molecule has 0 aliphatic heterocycles. The van der Waals surface area contributed by atoms with Gasteiger partial charge >= 0.3 is 0 Å². The number of amides is 1. The molecule has 0 atom stereocenters. The molecule has 0 fully saturated rings. The standard InChI is InChI=1S/C21H26N2O3/c1-15(2)14-25-19-9-7-18(8-10-19)23-21(24)13-22-17-5-11-20(12-6-17)26-16(3)4/h5-12,16,22H,1,13-14H2,2-4H3,(H,23,24). The molecule has 0 unspecified atom stereocenters. The Labute approximate surface area is 155 Å². The molecular weight excluding hydrogens is 328 g/mol. The van der Waals surface area contributed by atoms with Crippen molar-refractivity contribution in [3.05, 3.63) is 60.7 Å². The van der Waals surface area contributed by atoms with Gasteiger partial charge in [0.1, 0.15) is 18.1 Å². The van der Waals surface area contributed by atoms with Crippen molar-refractivity contribution in [1.82, 2.24) is 0 Å². The van der Waals surface area contributed by atoms with Crippen molar-refractivity contribution in [1.29, 1.82) is 0 Å². The molecule has 5 heteroatoms. The second kappa shape index (κ2) is 9.51. The highest BCUT2D eigenvalue weighted by Crippen LogP contribution is 2.18. The monoisotopic (exact) mass is 354 g/mol. The van der Waals surface area contributed by atoms with Crippen LogP contribution in [0.2, 0.25) is 0 Å². The zero-order chi connectivity index (χ0) is 18.9. The fourth-order valence-corrected chi connectivity index (χ4v) is 2.15. The molecule has 0 spiro atoms. The van der Waals surface area contributed by atoms with Crippen LogP contribution in [-0.2, 0) is 4.79 Å². The lowest BCUT2D eigenvalue weighted by atomic mass is 10.3. The number of carbonyl (C=O) groups is 1. The maximum Gasteiger partial charge on any atom is 0.243 e. The molecule has 0 saturated carbocycles. The molecule has 2 N–H and O–H groups in total. The molecule has 0 heterocycles. The number of nitrogens with one attached hydrogen (secondary N) is 2. The lowest BCUT2D eigenvalue weighted by molar-refractivity contribution is -0.114. The third kappa shape index (κ3) is 6.89. The summed E-state index contributed by atoms with van der Waals surface area (Å²) in [6.45, 7) is 10.3. The predicted molar refractivity (Wildman–Crippen MR) is 106 cm³/mol. The van der Waals surface area contributed by atoms with Crippen LogP contribution in [0.25, 0.3) is 0 Å². The van der Waals surface area contributed by atoms with Crippen LogP contribution in [0.1, 0.15) is 20.8 Å². The Morgan fingerprint density at radius 3 is 2.15 bits per heavy atom. The second-order valence-corrected chi connectivity index (χ2v) is 6.36. The lowest BCUT2D eigenvalue weighted by Gasteiger charge is -2.11. The molecule has 2 aromatic rings. The van der Waals surface area contributed by atoms with Gasteiger partial charge in [-0.05, 0) is 74.9 Å². The molecule has 0 bridgehead atoms. The molecule has 5 nitrogen and oxygen atoms in total. The average Bonchev–Trinajstić information content (AvgIpc) is 2.60. The highest BCUT2D eigenvalue weighted by molar-refractivity contribution is 5.93. The summed E-state index contributed by atoms with van der Waals surface area (Å²) in [4.78, 5) is 12.1. The Morgan fingerprint density at radius 2 is 1.58 bits per heavy atom. The summed E-state index contributed by atoms with van der Waals surface area (Å²) < 4.78 is 11.1. The van der Waals surface area contributed by atoms with Gasteiger partial charge in [-0.25, -0.2) is 0 Å². The van der Waals surface area contributed by atoms with E-state index in [1.165, 1.54) is 0 Å². The Hall–Kier alpha value is -2.95. The highest BCUT2D eigenvalue weighted by atomic mass is 16.5. The van der Waals surface area contributed by atoms with Crippen molar-refractivity contribution in [2.24, 2.45) is 0 Å². The van der Waals surface area contributed by atoms with Crippen molar-refractivity contribution in [2.45, 2.75) is 26.9 Å². The van der Waals surface area contributed by atoms with Gasteiger partial charge in [0.2, 0.25) is 5.91 Å². The maximum absolute atomic E-state index is 12.1. The summed E-state index contributed by atoms with van der Waals surface area (Å²) >= 11 is 0. The largest absolute Gasteiger partial charge is 0.491 e. The third-order valence-corrected chi connectivity index (χ3v) is 3.30. The summed E-state index contributed by atoms with van der Waals surface area (Å²) in [5, 5.41) is 5.93. The van der Waals surface area contributed by atoms with E-state index < -0.39 is 0 Å². The number of hydrogen-bond donors (Lipinski definition) is 2. The van der Waals surface area contributed by atoms with Crippen LogP contribution >= 0.6 is 0 Å². The molecule has 2 aromatic carbocycles. The number of benzene rings is 2. The zero-order valence-corrected chi connectivity index (χ0v) is 15.5. The molecule has 2 rings (SSSR count). The molecule has 0 aliphatic carbocycles. The van der Waals surface area contributed by atoms with Gasteiger partial charge in [0.15, 0.2) is 0 Å². The minimum Gasteiger partial charge on any atom is -0.491 e. The van der Waals surface area contributed by atoms with Crippen LogP contribution in [0.4, 0.5) is 11.4 Å². The van der Waals surface area contributed by atoms with E-state index in [0.29, 0.717) is 6.61 Å². The quantitative estimate of drug-likeness (QED) is 0.652. The maximum atomic E-state index is 12.1. The van der Waals surface area contributed by atoms with Crippen LogP contribution in [0.5, 0.6) is 11.5 Å². The van der Waals surface area contributed by atoms with Gasteiger partial charge in [-0.1, -0.05) is 6.58 Å². The first kappa shape index (κ1) is 19.4. The van der Waals surface area contributed by atoms with E-state index in [4.69, 9.17) is 9.47 Å². The van der Waals surface area contributed by atoms with Crippen molar-refractivity contribution in [3.63, 3.8) is 0 Å². The number of ether oxygens (including phenoxy) is 2. The molecule has 0 aliphatic rings. The van der Waals surface area contributed by atoms with Gasteiger partial charge in [-0.15, -0.1) is 0 Å². The van der Waals surface area contributed by atoms with Gasteiger partial charge in [0, 0.05) is 11.4 Å². The van der Waals surface area contributed by atoms with Crippen LogP contribution in [-0.4, -0.2) is 25.2 Å². The molecule has 0 radical (unpaired) electrons. The van der Waals surface area contributed by atoms with Crippen molar-refractivity contribution >= 4 is 17.3 Å². The normalized spacial score (nSPS) is 10.3. The first-order valence-electron chi connectivity index (χ1n) is 8.60. The lowest BCUT2D eigenvalue weighted by Crippen LogP contribution is -2.21. The highest BCUT2D eigenvalue weighted by Gasteiger charge is 2.04. The van der Waals surface area contributed by atoms with E-state index in [9.17, 15) is 4.79 Å². The number of hydrogen-bond acceptors (Lipinski definition) is 4. The Morgan fingerprint density at radius 1 is 1.00 bits per heavy atom. The van der Waals surface area contributed by atoms with E-state index in [-0.39, 0.29) is 18.6 Å². The van der Waals surface area contributed by atoms with Gasteiger partial charge < -0.3 is 20.1 Å². The van der Waals surface area contributed by atoms with Crippen LogP contribution < -0.4 is 20.1 Å². The Kier molecular flexibility index (Phi) is 7.09. The summed E-state index contributed by atoms with van der Waals surface area (Å²) in [6.07, 6.45) is 0.136. The van der Waals surface area contributed by atoms with Gasteiger partial charge in [0.25, 0.3) is 0 Å².